The molecule has 0 aliphatic carbocycles. The first-order valence-electron chi connectivity index (χ1n) is 5.74. The second-order valence-corrected chi connectivity index (χ2v) is 4.33. The molecule has 0 aliphatic heterocycles. The molecular weight excluding hydrogens is 212 g/mol. The van der Waals surface area contributed by atoms with Gasteiger partial charge in [0.25, 0.3) is 5.56 Å². The molecule has 1 aromatic carbocycles. The van der Waals surface area contributed by atoms with E-state index in [9.17, 15) is 4.79 Å². The van der Waals surface area contributed by atoms with Crippen molar-refractivity contribution >= 4 is 0 Å². The normalized spacial score (nSPS) is 10.5. The maximum Gasteiger partial charge on any atom is 0.266 e. The molecule has 0 saturated heterocycles. The average Bonchev–Trinajstić information content (AvgIpc) is 2.30. The maximum atomic E-state index is 11.6. The summed E-state index contributed by atoms with van der Waals surface area (Å²) in [6, 6.07) is 9.96. The highest BCUT2D eigenvalue weighted by molar-refractivity contribution is 5.21. The lowest BCUT2D eigenvalue weighted by Crippen LogP contribution is -2.23. The molecule has 0 N–H and O–H groups in total. The van der Waals surface area contributed by atoms with Gasteiger partial charge in [0.1, 0.15) is 0 Å². The van der Waals surface area contributed by atoms with Crippen LogP contribution in [-0.2, 0) is 13.0 Å². The summed E-state index contributed by atoms with van der Waals surface area (Å²) in [4.78, 5) is 11.6. The number of benzene rings is 1. The highest BCUT2D eigenvalue weighted by atomic mass is 16.1. The van der Waals surface area contributed by atoms with Gasteiger partial charge in [-0.1, -0.05) is 29.8 Å². The molecule has 0 atom stereocenters. The van der Waals surface area contributed by atoms with Crippen molar-refractivity contribution in [3.8, 4) is 0 Å². The summed E-state index contributed by atoms with van der Waals surface area (Å²) in [6.45, 7) is 4.57. The highest BCUT2D eigenvalue weighted by Crippen LogP contribution is 2.04. The van der Waals surface area contributed by atoms with Gasteiger partial charge in [0.05, 0.1) is 6.20 Å². The third kappa shape index (κ3) is 3.03. The third-order valence-electron chi connectivity index (χ3n) is 2.74. The van der Waals surface area contributed by atoms with Crippen molar-refractivity contribution in [2.24, 2.45) is 0 Å². The molecule has 0 saturated carbocycles. The molecule has 1 heterocycles. The molecule has 2 rings (SSSR count). The molecule has 0 radical (unpaired) electrons. The Morgan fingerprint density at radius 1 is 1.12 bits per heavy atom. The Morgan fingerprint density at radius 3 is 2.47 bits per heavy atom. The van der Waals surface area contributed by atoms with E-state index in [-0.39, 0.29) is 5.56 Å². The van der Waals surface area contributed by atoms with Crippen molar-refractivity contribution in [3.05, 3.63) is 63.6 Å². The van der Waals surface area contributed by atoms with Crippen LogP contribution in [0.25, 0.3) is 0 Å². The van der Waals surface area contributed by atoms with E-state index in [2.05, 4.69) is 36.3 Å². The van der Waals surface area contributed by atoms with Gasteiger partial charge in [0, 0.05) is 12.6 Å². The Balaban J connectivity index is 2.07. The Bertz CT molecular complexity index is 555. The van der Waals surface area contributed by atoms with Crippen LogP contribution >= 0.6 is 0 Å². The van der Waals surface area contributed by atoms with E-state index in [1.807, 2.05) is 6.92 Å². The molecule has 88 valence electrons. The van der Waals surface area contributed by atoms with Crippen molar-refractivity contribution in [1.29, 1.82) is 0 Å². The van der Waals surface area contributed by atoms with Gasteiger partial charge in [-0.15, -0.1) is 0 Å². The molecule has 0 aliphatic rings. The first kappa shape index (κ1) is 11.6. The van der Waals surface area contributed by atoms with Crippen LogP contribution in [0, 0.1) is 13.8 Å². The van der Waals surface area contributed by atoms with Gasteiger partial charge in [0.15, 0.2) is 0 Å². The largest absolute Gasteiger partial charge is 0.268 e. The fourth-order valence-electron chi connectivity index (χ4n) is 1.68. The summed E-state index contributed by atoms with van der Waals surface area (Å²) in [5.41, 5.74) is 3.35. The second kappa shape index (κ2) is 4.95. The Hall–Kier alpha value is -1.90. The summed E-state index contributed by atoms with van der Waals surface area (Å²) in [5, 5.41) is 4.11. The van der Waals surface area contributed by atoms with E-state index >= 15 is 0 Å². The van der Waals surface area contributed by atoms with Crippen molar-refractivity contribution in [2.75, 3.05) is 0 Å². The lowest BCUT2D eigenvalue weighted by atomic mass is 10.1. The van der Waals surface area contributed by atoms with E-state index in [0.29, 0.717) is 6.54 Å². The molecule has 2 aromatic rings. The van der Waals surface area contributed by atoms with Crippen molar-refractivity contribution < 1.29 is 0 Å². The zero-order valence-corrected chi connectivity index (χ0v) is 10.2. The number of nitrogens with zero attached hydrogens (tertiary/aromatic N) is 2. The molecule has 1 aromatic heterocycles. The molecule has 0 amide bonds. The summed E-state index contributed by atoms with van der Waals surface area (Å²) in [7, 11) is 0. The van der Waals surface area contributed by atoms with Gasteiger partial charge in [-0.2, -0.15) is 5.10 Å². The first-order valence-corrected chi connectivity index (χ1v) is 5.74. The Kier molecular flexibility index (Phi) is 3.38. The second-order valence-electron chi connectivity index (χ2n) is 4.33. The van der Waals surface area contributed by atoms with Gasteiger partial charge >= 0.3 is 0 Å². The summed E-state index contributed by atoms with van der Waals surface area (Å²) < 4.78 is 1.51. The first-order chi connectivity index (χ1) is 8.15. The zero-order chi connectivity index (χ0) is 12.3. The molecule has 3 heteroatoms. The van der Waals surface area contributed by atoms with Crippen LogP contribution in [0.1, 0.15) is 16.7 Å². The monoisotopic (exact) mass is 228 g/mol. The van der Waals surface area contributed by atoms with Crippen LogP contribution in [0.15, 0.2) is 41.3 Å². The number of hydrogen-bond acceptors (Lipinski definition) is 2. The van der Waals surface area contributed by atoms with E-state index in [1.54, 1.807) is 12.3 Å². The molecule has 0 bridgehead atoms. The van der Waals surface area contributed by atoms with Gasteiger partial charge < -0.3 is 0 Å². The highest BCUT2D eigenvalue weighted by Gasteiger charge is 1.98. The fourth-order valence-corrected chi connectivity index (χ4v) is 1.68. The molecule has 0 fully saturated rings. The topological polar surface area (TPSA) is 34.9 Å². The Labute approximate surface area is 101 Å². The molecule has 0 unspecified atom stereocenters. The van der Waals surface area contributed by atoms with Crippen molar-refractivity contribution in [1.82, 2.24) is 9.78 Å². The van der Waals surface area contributed by atoms with Gasteiger partial charge in [-0.3, -0.25) is 4.79 Å². The smallest absolute Gasteiger partial charge is 0.266 e. The minimum Gasteiger partial charge on any atom is -0.268 e. The predicted molar refractivity (Wildman–Crippen MR) is 68.1 cm³/mol. The fraction of sp³-hybridized carbons (Fsp3) is 0.286. The quantitative estimate of drug-likeness (QED) is 0.806. The number of hydrogen-bond donors (Lipinski definition) is 0. The van der Waals surface area contributed by atoms with E-state index in [4.69, 9.17) is 0 Å². The summed E-state index contributed by atoms with van der Waals surface area (Å²) in [6.07, 6.45) is 2.55. The maximum absolute atomic E-state index is 11.6. The zero-order valence-electron chi connectivity index (χ0n) is 10.2. The molecular formula is C14H16N2O. The van der Waals surface area contributed by atoms with Crippen LogP contribution in [0.3, 0.4) is 0 Å². The van der Waals surface area contributed by atoms with E-state index in [1.165, 1.54) is 15.8 Å². The lowest BCUT2D eigenvalue weighted by molar-refractivity contribution is 0.576. The number of aryl methyl sites for hydroxylation is 4. The number of aromatic nitrogens is 2. The number of rotatable bonds is 3. The molecule has 17 heavy (non-hydrogen) atoms. The SMILES string of the molecule is Cc1ccc(CCn2ncc(C)cc2=O)cc1. The van der Waals surface area contributed by atoms with Crippen molar-refractivity contribution in [2.45, 2.75) is 26.8 Å². The molecule has 3 nitrogen and oxygen atoms in total. The predicted octanol–water partition coefficient (Wildman–Crippen LogP) is 2.10. The molecule has 0 spiro atoms. The van der Waals surface area contributed by atoms with Crippen LogP contribution in [-0.4, -0.2) is 9.78 Å². The summed E-state index contributed by atoms with van der Waals surface area (Å²) in [5.74, 6) is 0. The van der Waals surface area contributed by atoms with Crippen molar-refractivity contribution in [3.63, 3.8) is 0 Å². The standard InChI is InChI=1S/C14H16N2O/c1-11-3-5-13(6-4-11)7-8-16-14(17)9-12(2)10-15-16/h3-6,9-10H,7-8H2,1-2H3. The van der Waals surface area contributed by atoms with Crippen LogP contribution in [0.2, 0.25) is 0 Å². The third-order valence-corrected chi connectivity index (χ3v) is 2.74. The van der Waals surface area contributed by atoms with E-state index in [0.717, 1.165) is 12.0 Å². The van der Waals surface area contributed by atoms with Crippen LogP contribution < -0.4 is 5.56 Å². The minimum absolute atomic E-state index is 0.0305. The van der Waals surface area contributed by atoms with Crippen LogP contribution in [0.5, 0.6) is 0 Å². The minimum atomic E-state index is -0.0305. The lowest BCUT2D eigenvalue weighted by Gasteiger charge is -2.05. The average molecular weight is 228 g/mol. The van der Waals surface area contributed by atoms with Crippen LogP contribution in [0.4, 0.5) is 0 Å². The van der Waals surface area contributed by atoms with Gasteiger partial charge in [-0.05, 0) is 31.4 Å². The van der Waals surface area contributed by atoms with E-state index < -0.39 is 0 Å². The Morgan fingerprint density at radius 2 is 1.82 bits per heavy atom. The summed E-state index contributed by atoms with van der Waals surface area (Å²) >= 11 is 0. The van der Waals surface area contributed by atoms with Gasteiger partial charge in [-0.25, -0.2) is 4.68 Å². The van der Waals surface area contributed by atoms with Gasteiger partial charge in [0.2, 0.25) is 0 Å².